The fourth-order valence-electron chi connectivity index (χ4n) is 3.99. The first-order valence-corrected chi connectivity index (χ1v) is 11.5. The molecule has 0 atom stereocenters. The normalized spacial score (nSPS) is 17.9. The third kappa shape index (κ3) is 6.88. The first-order chi connectivity index (χ1) is 15.9. The molecule has 0 unspecified atom stereocenters. The van der Waals surface area contributed by atoms with E-state index in [2.05, 4.69) is 5.32 Å². The summed E-state index contributed by atoms with van der Waals surface area (Å²) < 4.78 is 20.3. The zero-order chi connectivity index (χ0) is 23.8. The van der Waals surface area contributed by atoms with Gasteiger partial charge in [-0.1, -0.05) is 19.1 Å². The highest BCUT2D eigenvalue weighted by molar-refractivity contribution is 5.96. The molecule has 33 heavy (non-hydrogen) atoms. The quantitative estimate of drug-likeness (QED) is 0.396. The van der Waals surface area contributed by atoms with Crippen LogP contribution in [-0.2, 0) is 11.2 Å². The standard InChI is InChI=1S/C26H30FNO5/c1-2-17-5-7-18(8-6-17)25(30)28-15-3-4-24(29)22-14-13-21(16-23(22)27)33-20-11-9-19(10-12-20)26(31)32/h5-8,13-14,16,19-20H,2-4,9-12,15H2,1H3,(H,28,30)(H,31,32). The maximum atomic E-state index is 14.5. The second-order valence-corrected chi connectivity index (χ2v) is 8.40. The number of ether oxygens (including phenoxy) is 1. The summed E-state index contributed by atoms with van der Waals surface area (Å²) in [6, 6.07) is 11.6. The lowest BCUT2D eigenvalue weighted by Gasteiger charge is -2.26. The van der Waals surface area contributed by atoms with Crippen molar-refractivity contribution in [2.24, 2.45) is 5.92 Å². The van der Waals surface area contributed by atoms with Gasteiger partial charge in [0.25, 0.3) is 5.91 Å². The van der Waals surface area contributed by atoms with Crippen LogP contribution in [0.5, 0.6) is 5.75 Å². The van der Waals surface area contributed by atoms with E-state index < -0.39 is 11.8 Å². The number of rotatable bonds is 10. The average Bonchev–Trinajstić information content (AvgIpc) is 2.82. The van der Waals surface area contributed by atoms with Gasteiger partial charge in [-0.05, 0) is 68.4 Å². The van der Waals surface area contributed by atoms with E-state index in [-0.39, 0.29) is 35.7 Å². The Morgan fingerprint density at radius 1 is 1.06 bits per heavy atom. The van der Waals surface area contributed by atoms with Crippen LogP contribution in [-0.4, -0.2) is 35.4 Å². The van der Waals surface area contributed by atoms with Crippen molar-refractivity contribution in [1.29, 1.82) is 0 Å². The van der Waals surface area contributed by atoms with Crippen molar-refractivity contribution in [3.05, 3.63) is 65.0 Å². The molecule has 0 aromatic heterocycles. The number of benzene rings is 2. The zero-order valence-electron chi connectivity index (χ0n) is 18.8. The molecule has 0 bridgehead atoms. The largest absolute Gasteiger partial charge is 0.490 e. The number of aryl methyl sites for hydroxylation is 1. The van der Waals surface area contributed by atoms with Crippen molar-refractivity contribution < 1.29 is 28.6 Å². The second kappa shape index (κ2) is 11.6. The summed E-state index contributed by atoms with van der Waals surface area (Å²) in [4.78, 5) is 35.6. The Labute approximate surface area is 193 Å². The van der Waals surface area contributed by atoms with Crippen molar-refractivity contribution in [3.8, 4) is 5.75 Å². The van der Waals surface area contributed by atoms with Crippen LogP contribution in [0.3, 0.4) is 0 Å². The number of Topliss-reactive ketones (excluding diaryl/α,β-unsaturated/α-hetero) is 1. The number of amides is 1. The van der Waals surface area contributed by atoms with E-state index in [4.69, 9.17) is 9.84 Å². The number of carbonyl (C=O) groups is 3. The summed E-state index contributed by atoms with van der Waals surface area (Å²) in [5.74, 6) is -1.96. The molecule has 0 saturated heterocycles. The van der Waals surface area contributed by atoms with E-state index in [9.17, 15) is 18.8 Å². The number of hydrogen-bond donors (Lipinski definition) is 2. The summed E-state index contributed by atoms with van der Waals surface area (Å²) >= 11 is 0. The minimum Gasteiger partial charge on any atom is -0.490 e. The lowest BCUT2D eigenvalue weighted by atomic mass is 9.87. The summed E-state index contributed by atoms with van der Waals surface area (Å²) in [5, 5.41) is 11.8. The van der Waals surface area contributed by atoms with Crippen LogP contribution < -0.4 is 10.1 Å². The maximum Gasteiger partial charge on any atom is 0.306 e. The molecule has 2 aromatic carbocycles. The Morgan fingerprint density at radius 2 is 1.76 bits per heavy atom. The van der Waals surface area contributed by atoms with Gasteiger partial charge in [0, 0.05) is 24.6 Å². The fourth-order valence-corrected chi connectivity index (χ4v) is 3.99. The van der Waals surface area contributed by atoms with E-state index in [0.717, 1.165) is 12.0 Å². The highest BCUT2D eigenvalue weighted by Gasteiger charge is 2.27. The topological polar surface area (TPSA) is 92.7 Å². The SMILES string of the molecule is CCc1ccc(C(=O)NCCCC(=O)c2ccc(OC3CCC(C(=O)O)CC3)cc2F)cc1. The summed E-state index contributed by atoms with van der Waals surface area (Å²) in [6.45, 7) is 2.37. The Kier molecular flexibility index (Phi) is 8.58. The molecule has 1 fully saturated rings. The third-order valence-electron chi connectivity index (χ3n) is 6.06. The minimum atomic E-state index is -0.785. The van der Waals surface area contributed by atoms with Crippen LogP contribution in [0.2, 0.25) is 0 Å². The number of carbonyl (C=O) groups excluding carboxylic acids is 2. The van der Waals surface area contributed by atoms with Crippen LogP contribution in [0.25, 0.3) is 0 Å². The molecule has 6 nitrogen and oxygen atoms in total. The monoisotopic (exact) mass is 455 g/mol. The Balaban J connectivity index is 1.43. The van der Waals surface area contributed by atoms with Gasteiger partial charge in [-0.15, -0.1) is 0 Å². The number of carboxylic acids is 1. The van der Waals surface area contributed by atoms with Crippen LogP contribution in [0.1, 0.15) is 71.7 Å². The first-order valence-electron chi connectivity index (χ1n) is 11.5. The van der Waals surface area contributed by atoms with E-state index in [1.165, 1.54) is 12.1 Å². The Hall–Kier alpha value is -3.22. The van der Waals surface area contributed by atoms with E-state index in [1.807, 2.05) is 19.1 Å². The molecular weight excluding hydrogens is 425 g/mol. The molecule has 0 radical (unpaired) electrons. The molecule has 1 aliphatic carbocycles. The molecule has 1 saturated carbocycles. The predicted octanol–water partition coefficient (Wildman–Crippen LogP) is 4.80. The molecular formula is C26H30FNO5. The molecule has 0 spiro atoms. The van der Waals surface area contributed by atoms with E-state index >= 15 is 0 Å². The molecule has 176 valence electrons. The van der Waals surface area contributed by atoms with Crippen LogP contribution >= 0.6 is 0 Å². The molecule has 2 N–H and O–H groups in total. The molecule has 3 rings (SSSR count). The number of ketones is 1. The van der Waals surface area contributed by atoms with Crippen LogP contribution in [0, 0.1) is 11.7 Å². The predicted molar refractivity (Wildman–Crippen MR) is 122 cm³/mol. The molecule has 1 amide bonds. The van der Waals surface area contributed by atoms with Gasteiger partial charge in [0.1, 0.15) is 11.6 Å². The second-order valence-electron chi connectivity index (χ2n) is 8.40. The van der Waals surface area contributed by atoms with Crippen molar-refractivity contribution >= 4 is 17.7 Å². The maximum absolute atomic E-state index is 14.5. The molecule has 7 heteroatoms. The zero-order valence-corrected chi connectivity index (χ0v) is 18.8. The first kappa shape index (κ1) is 24.4. The van der Waals surface area contributed by atoms with Gasteiger partial charge < -0.3 is 15.2 Å². The Bertz CT molecular complexity index is 981. The molecule has 2 aromatic rings. The van der Waals surface area contributed by atoms with Gasteiger partial charge in [0.05, 0.1) is 17.6 Å². The van der Waals surface area contributed by atoms with Crippen molar-refractivity contribution in [2.45, 2.75) is 58.0 Å². The molecule has 1 aliphatic rings. The van der Waals surface area contributed by atoms with Crippen LogP contribution in [0.4, 0.5) is 4.39 Å². The Morgan fingerprint density at radius 3 is 2.36 bits per heavy atom. The smallest absolute Gasteiger partial charge is 0.306 e. The van der Waals surface area contributed by atoms with Gasteiger partial charge in [-0.2, -0.15) is 0 Å². The number of hydrogen-bond acceptors (Lipinski definition) is 4. The lowest BCUT2D eigenvalue weighted by molar-refractivity contribution is -0.143. The average molecular weight is 456 g/mol. The molecule has 0 aliphatic heterocycles. The van der Waals surface area contributed by atoms with Crippen molar-refractivity contribution in [2.75, 3.05) is 6.54 Å². The van der Waals surface area contributed by atoms with Gasteiger partial charge in [0.2, 0.25) is 0 Å². The lowest BCUT2D eigenvalue weighted by Crippen LogP contribution is -2.27. The van der Waals surface area contributed by atoms with Gasteiger partial charge in [0.15, 0.2) is 5.78 Å². The minimum absolute atomic E-state index is 0.00147. The highest BCUT2D eigenvalue weighted by atomic mass is 19.1. The van der Waals surface area contributed by atoms with E-state index in [1.54, 1.807) is 18.2 Å². The number of carboxylic acid groups (broad SMARTS) is 1. The summed E-state index contributed by atoms with van der Waals surface area (Å²) in [5.41, 5.74) is 1.72. The summed E-state index contributed by atoms with van der Waals surface area (Å²) in [7, 11) is 0. The van der Waals surface area contributed by atoms with Gasteiger partial charge in [-0.3, -0.25) is 14.4 Å². The van der Waals surface area contributed by atoms with E-state index in [0.29, 0.717) is 50.0 Å². The third-order valence-corrected chi connectivity index (χ3v) is 6.06. The van der Waals surface area contributed by atoms with Gasteiger partial charge in [-0.25, -0.2) is 4.39 Å². The van der Waals surface area contributed by atoms with Gasteiger partial charge >= 0.3 is 5.97 Å². The fraction of sp³-hybridized carbons (Fsp3) is 0.423. The van der Waals surface area contributed by atoms with Crippen LogP contribution in [0.15, 0.2) is 42.5 Å². The number of nitrogens with one attached hydrogen (secondary N) is 1. The van der Waals surface area contributed by atoms with Crippen molar-refractivity contribution in [3.63, 3.8) is 0 Å². The van der Waals surface area contributed by atoms with Crippen molar-refractivity contribution in [1.82, 2.24) is 5.32 Å². The number of halogens is 1. The summed E-state index contributed by atoms with van der Waals surface area (Å²) in [6.07, 6.45) is 3.57. The number of aliphatic carboxylic acids is 1. The molecule has 0 heterocycles. The highest BCUT2D eigenvalue weighted by Crippen LogP contribution is 2.28.